The van der Waals surface area contributed by atoms with E-state index in [4.69, 9.17) is 0 Å². The molecule has 1 radical (unpaired) electrons. The molecule has 10 aromatic carbocycles. The van der Waals surface area contributed by atoms with E-state index in [9.17, 15) is 0 Å². The van der Waals surface area contributed by atoms with Gasteiger partial charge in [-0.05, 0) is 78.4 Å². The molecule has 0 fully saturated rings. The van der Waals surface area contributed by atoms with Crippen molar-refractivity contribution in [3.8, 4) is 0 Å². The van der Waals surface area contributed by atoms with Crippen LogP contribution in [-0.2, 0) is 19.5 Å². The third-order valence-electron chi connectivity index (χ3n) is 10.1. The predicted octanol–water partition coefficient (Wildman–Crippen LogP) is 9.33. The monoisotopic (exact) mass is 1020 g/mol. The van der Waals surface area contributed by atoms with Crippen LogP contribution in [0.25, 0.3) is 0 Å². The summed E-state index contributed by atoms with van der Waals surface area (Å²) in [6, 6.07) is 107. The van der Waals surface area contributed by atoms with Crippen molar-refractivity contribution < 1.29 is 31.9 Å². The fourth-order valence-electron chi connectivity index (χ4n) is 7.07. The summed E-state index contributed by atoms with van der Waals surface area (Å²) >= 11 is 0. The quantitative estimate of drug-likeness (QED) is 0.100. The Hall–Kier alpha value is -5.60. The van der Waals surface area contributed by atoms with E-state index in [1.807, 2.05) is 18.2 Å². The van der Waals surface area contributed by atoms with E-state index in [2.05, 4.69) is 292 Å². The summed E-state index contributed by atoms with van der Waals surface area (Å²) in [6.45, 7) is 2.08. The van der Waals surface area contributed by atoms with Crippen LogP contribution in [0.2, 0.25) is 0 Å². The van der Waals surface area contributed by atoms with Crippen LogP contribution in [-0.4, -0.2) is 0 Å². The van der Waals surface area contributed by atoms with Gasteiger partial charge in [-0.25, -0.2) is 0 Å². The van der Waals surface area contributed by atoms with Crippen molar-refractivity contribution in [2.75, 3.05) is 0 Å². The molecule has 10 rings (SSSR count). The SMILES string of the molecule is Cc1ccccc1.[Cl-].[Ru+].c1ccc(P(c2ccccc2)c2ccccc2)cc1.c1ccc(P(c2ccccc2)c2ccccc2)cc1.c1ccc(P(c2ccccc2)c2ccccc2)cc1. The summed E-state index contributed by atoms with van der Waals surface area (Å²) < 4.78 is 0. The molecule has 0 N–H and O–H groups in total. The van der Waals surface area contributed by atoms with Crippen molar-refractivity contribution in [2.24, 2.45) is 0 Å². The van der Waals surface area contributed by atoms with Crippen LogP contribution in [0.3, 0.4) is 0 Å². The number of benzene rings is 10. The van der Waals surface area contributed by atoms with E-state index in [0.29, 0.717) is 0 Å². The Morgan fingerprint density at radius 1 is 0.182 bits per heavy atom. The van der Waals surface area contributed by atoms with E-state index >= 15 is 0 Å². The van der Waals surface area contributed by atoms with Gasteiger partial charge in [0.25, 0.3) is 0 Å². The molecule has 0 aliphatic rings. The van der Waals surface area contributed by atoms with E-state index in [-0.39, 0.29) is 31.9 Å². The van der Waals surface area contributed by atoms with Gasteiger partial charge in [-0.2, -0.15) is 0 Å². The molecule has 5 heteroatoms. The summed E-state index contributed by atoms with van der Waals surface area (Å²) in [4.78, 5) is 0. The van der Waals surface area contributed by atoms with E-state index in [0.717, 1.165) is 0 Å². The van der Waals surface area contributed by atoms with Gasteiger partial charge >= 0.3 is 19.5 Å². The maximum Gasteiger partial charge on any atom is 1.00 e. The summed E-state index contributed by atoms with van der Waals surface area (Å²) in [5.74, 6) is 0. The number of hydrogen-bond acceptors (Lipinski definition) is 0. The molecule has 0 heterocycles. The maximum absolute atomic E-state index is 2.23. The minimum Gasteiger partial charge on any atom is -1.00 e. The van der Waals surface area contributed by atoms with Gasteiger partial charge in [-0.3, -0.25) is 0 Å². The molecule has 0 aromatic heterocycles. The number of rotatable bonds is 9. The fraction of sp³-hybridized carbons (Fsp3) is 0.0164. The van der Waals surface area contributed by atoms with Gasteiger partial charge in [-0.1, -0.05) is 309 Å². The van der Waals surface area contributed by atoms with E-state index in [1.54, 1.807) is 0 Å². The van der Waals surface area contributed by atoms with E-state index < -0.39 is 23.8 Å². The predicted molar refractivity (Wildman–Crippen MR) is 287 cm³/mol. The van der Waals surface area contributed by atoms with Crippen LogP contribution in [0, 0.1) is 6.92 Å². The second kappa shape index (κ2) is 29.1. The molecule has 0 aliphatic heterocycles. The molecule has 0 nitrogen and oxygen atoms in total. The molecule has 0 amide bonds. The Morgan fingerprint density at radius 3 is 0.379 bits per heavy atom. The average molecular weight is 1020 g/mol. The first-order valence-electron chi connectivity index (χ1n) is 21.6. The molecule has 0 saturated heterocycles. The van der Waals surface area contributed by atoms with Gasteiger partial charge in [0.2, 0.25) is 0 Å². The Balaban J connectivity index is 0.000000170. The van der Waals surface area contributed by atoms with Crippen molar-refractivity contribution in [2.45, 2.75) is 6.92 Å². The van der Waals surface area contributed by atoms with Crippen molar-refractivity contribution in [1.29, 1.82) is 0 Å². The zero-order valence-electron chi connectivity index (χ0n) is 36.9. The zero-order valence-corrected chi connectivity index (χ0v) is 42.1. The molecule has 66 heavy (non-hydrogen) atoms. The molecule has 0 bridgehead atoms. The molecular weight excluding hydrogens is 962 g/mol. The topological polar surface area (TPSA) is 0 Å². The third-order valence-corrected chi connectivity index (χ3v) is 17.4. The molecule has 0 atom stereocenters. The second-order valence-electron chi connectivity index (χ2n) is 14.7. The van der Waals surface area contributed by atoms with Crippen LogP contribution >= 0.6 is 23.8 Å². The summed E-state index contributed by atoms with van der Waals surface area (Å²) in [5, 5.41) is 12.6. The Kier molecular flexibility index (Phi) is 22.7. The van der Waals surface area contributed by atoms with Crippen molar-refractivity contribution in [3.05, 3.63) is 309 Å². The van der Waals surface area contributed by atoms with Crippen LogP contribution in [0.5, 0.6) is 0 Å². The normalized spacial score (nSPS) is 10.1. The molecule has 327 valence electrons. The molecule has 0 aliphatic carbocycles. The summed E-state index contributed by atoms with van der Waals surface area (Å²) in [6.07, 6.45) is 0. The molecular formula is C61H53ClP3Ru. The first-order valence-corrected chi connectivity index (χ1v) is 25.6. The molecule has 0 spiro atoms. The molecule has 10 aromatic rings. The van der Waals surface area contributed by atoms with Crippen LogP contribution in [0.15, 0.2) is 303 Å². The summed E-state index contributed by atoms with van der Waals surface area (Å²) in [5.41, 5.74) is 1.32. The van der Waals surface area contributed by atoms with Gasteiger partial charge in [0, 0.05) is 0 Å². The smallest absolute Gasteiger partial charge is 1.00 e. The zero-order chi connectivity index (χ0) is 43.9. The molecule has 0 unspecified atom stereocenters. The van der Waals surface area contributed by atoms with Crippen molar-refractivity contribution in [3.63, 3.8) is 0 Å². The summed E-state index contributed by atoms with van der Waals surface area (Å²) in [7, 11) is -1.34. The van der Waals surface area contributed by atoms with Gasteiger partial charge in [0.15, 0.2) is 0 Å². The number of aryl methyl sites for hydroxylation is 1. The molecule has 0 saturated carbocycles. The standard InChI is InChI=1S/3C18H15P.C7H8.ClH.Ru/c3*1-4-10-16(11-5-1)19(17-12-6-2-7-13-17)18-14-8-3-9-15-18;1-7-5-3-2-4-6-7;;/h3*1-15H;2-6H,1H3;1H;/q;;;;;+1/p-1. The van der Waals surface area contributed by atoms with Crippen LogP contribution < -0.4 is 60.1 Å². The average Bonchev–Trinajstić information content (AvgIpc) is 3.38. The van der Waals surface area contributed by atoms with Crippen molar-refractivity contribution in [1.82, 2.24) is 0 Å². The second-order valence-corrected chi connectivity index (χ2v) is 21.3. The van der Waals surface area contributed by atoms with Gasteiger partial charge in [-0.15, -0.1) is 0 Å². The van der Waals surface area contributed by atoms with Gasteiger partial charge < -0.3 is 12.4 Å². The van der Waals surface area contributed by atoms with Crippen LogP contribution in [0.1, 0.15) is 5.56 Å². The van der Waals surface area contributed by atoms with Gasteiger partial charge in [0.05, 0.1) is 0 Å². The minimum absolute atomic E-state index is 0. The fourth-order valence-corrected chi connectivity index (χ4v) is 14.0. The first-order chi connectivity index (χ1) is 31.7. The van der Waals surface area contributed by atoms with E-state index in [1.165, 1.54) is 53.3 Å². The number of hydrogen-bond donors (Lipinski definition) is 0. The largest absolute Gasteiger partial charge is 1.00 e. The Bertz CT molecular complexity index is 2180. The van der Waals surface area contributed by atoms with Crippen molar-refractivity contribution >= 4 is 71.5 Å². The maximum atomic E-state index is 2.23. The Labute approximate surface area is 416 Å². The number of halogens is 1. The van der Waals surface area contributed by atoms with Gasteiger partial charge in [0.1, 0.15) is 0 Å². The minimum atomic E-state index is -0.446. The Morgan fingerprint density at radius 2 is 0.288 bits per heavy atom. The third kappa shape index (κ3) is 15.8. The first kappa shape index (κ1) is 51.4. The van der Waals surface area contributed by atoms with Crippen LogP contribution in [0.4, 0.5) is 0 Å².